The summed E-state index contributed by atoms with van der Waals surface area (Å²) in [5, 5.41) is 2.39. The van der Waals surface area contributed by atoms with Gasteiger partial charge in [0, 0.05) is 0 Å². The van der Waals surface area contributed by atoms with Gasteiger partial charge in [0.15, 0.2) is 0 Å². The first-order valence-corrected chi connectivity index (χ1v) is 5.98. The minimum Gasteiger partial charge on any atom is -0.339 e. The largest absolute Gasteiger partial charge is 0.339 e. The molecule has 17 heavy (non-hydrogen) atoms. The van der Waals surface area contributed by atoms with Crippen molar-refractivity contribution < 1.29 is 4.79 Å². The highest BCUT2D eigenvalue weighted by molar-refractivity contribution is 7.81. The summed E-state index contributed by atoms with van der Waals surface area (Å²) in [5.74, 6) is 2.39. The van der Waals surface area contributed by atoms with E-state index in [2.05, 4.69) is 23.9 Å². The molecule has 0 heterocycles. The van der Waals surface area contributed by atoms with Gasteiger partial charge in [0.1, 0.15) is 0 Å². The molecule has 2 nitrogen and oxygen atoms in total. The predicted molar refractivity (Wildman–Crippen MR) is 74.0 cm³/mol. The van der Waals surface area contributed by atoms with Crippen molar-refractivity contribution in [3.63, 3.8) is 0 Å². The van der Waals surface area contributed by atoms with Gasteiger partial charge in [-0.25, -0.2) is 0 Å². The molecule has 1 aromatic carbocycles. The van der Waals surface area contributed by atoms with E-state index in [9.17, 15) is 4.79 Å². The summed E-state index contributed by atoms with van der Waals surface area (Å²) in [6.07, 6.45) is 5.91. The van der Waals surface area contributed by atoms with Gasteiger partial charge in [-0.2, -0.15) is 12.6 Å². The van der Waals surface area contributed by atoms with E-state index in [1.165, 1.54) is 0 Å². The number of hydrogen-bond acceptors (Lipinski definition) is 2. The number of benzene rings is 1. The maximum absolute atomic E-state index is 11.8. The van der Waals surface area contributed by atoms with E-state index in [-0.39, 0.29) is 11.2 Å². The molecular weight excluding hydrogens is 230 g/mol. The molecule has 1 unspecified atom stereocenters. The average molecular weight is 247 g/mol. The molecule has 0 bridgehead atoms. The van der Waals surface area contributed by atoms with Crippen molar-refractivity contribution in [1.29, 1.82) is 0 Å². The smallest absolute Gasteiger partial charge is 0.234 e. The Bertz CT molecular complexity index is 420. The molecule has 0 saturated carbocycles. The minimum absolute atomic E-state index is 0.139. The Balaban J connectivity index is 2.57. The summed E-state index contributed by atoms with van der Waals surface area (Å²) in [7, 11) is 0. The van der Waals surface area contributed by atoms with Crippen LogP contribution in [0.2, 0.25) is 0 Å². The second-order valence-corrected chi connectivity index (χ2v) is 5.09. The standard InChI is InChI=1S/C14H17NOS/c1-4-14(2,3)15-13(16)12(17)10-11-8-6-5-7-9-11/h1,5-9,12,17H,10H2,2-3H3,(H,15,16). The normalized spacial score (nSPS) is 12.6. The molecule has 0 aliphatic carbocycles. The summed E-state index contributed by atoms with van der Waals surface area (Å²) < 4.78 is 0. The topological polar surface area (TPSA) is 29.1 Å². The van der Waals surface area contributed by atoms with Crippen molar-refractivity contribution >= 4 is 18.5 Å². The number of amides is 1. The van der Waals surface area contributed by atoms with Crippen molar-refractivity contribution in [2.75, 3.05) is 0 Å². The van der Waals surface area contributed by atoms with Gasteiger partial charge < -0.3 is 5.32 Å². The number of nitrogens with one attached hydrogen (secondary N) is 1. The second-order valence-electron chi connectivity index (χ2n) is 4.46. The van der Waals surface area contributed by atoms with Crippen LogP contribution in [0, 0.1) is 12.3 Å². The second kappa shape index (κ2) is 5.79. The summed E-state index contributed by atoms with van der Waals surface area (Å²) >= 11 is 4.31. The Morgan fingerprint density at radius 2 is 2.06 bits per heavy atom. The third kappa shape index (κ3) is 4.54. The first kappa shape index (κ1) is 13.7. The molecule has 3 heteroatoms. The zero-order chi connectivity index (χ0) is 12.9. The highest BCUT2D eigenvalue weighted by Gasteiger charge is 2.21. The molecule has 1 atom stereocenters. The fraction of sp³-hybridized carbons (Fsp3) is 0.357. The number of carbonyl (C=O) groups is 1. The van der Waals surface area contributed by atoms with E-state index in [0.717, 1.165) is 5.56 Å². The van der Waals surface area contributed by atoms with E-state index in [1.807, 2.05) is 30.3 Å². The quantitative estimate of drug-likeness (QED) is 0.619. The lowest BCUT2D eigenvalue weighted by Gasteiger charge is -2.22. The Hall–Kier alpha value is -1.40. The van der Waals surface area contributed by atoms with Crippen LogP contribution in [0.15, 0.2) is 30.3 Å². The van der Waals surface area contributed by atoms with Crippen LogP contribution in [-0.4, -0.2) is 16.7 Å². The Kier molecular flexibility index (Phi) is 4.65. The fourth-order valence-corrected chi connectivity index (χ4v) is 1.63. The van der Waals surface area contributed by atoms with Crippen molar-refractivity contribution in [2.45, 2.75) is 31.1 Å². The van der Waals surface area contributed by atoms with E-state index < -0.39 is 5.54 Å². The molecule has 90 valence electrons. The monoisotopic (exact) mass is 247 g/mol. The molecule has 1 rings (SSSR count). The van der Waals surface area contributed by atoms with Crippen molar-refractivity contribution in [1.82, 2.24) is 5.32 Å². The minimum atomic E-state index is -0.630. The molecular formula is C14H17NOS. The van der Waals surface area contributed by atoms with Crippen LogP contribution in [-0.2, 0) is 11.2 Å². The first-order chi connectivity index (χ1) is 7.94. The van der Waals surface area contributed by atoms with Crippen LogP contribution >= 0.6 is 12.6 Å². The maximum Gasteiger partial charge on any atom is 0.234 e. The van der Waals surface area contributed by atoms with E-state index in [1.54, 1.807) is 13.8 Å². The predicted octanol–water partition coefficient (Wildman–Crippen LogP) is 2.06. The lowest BCUT2D eigenvalue weighted by Crippen LogP contribution is -2.46. The van der Waals surface area contributed by atoms with Gasteiger partial charge >= 0.3 is 0 Å². The number of rotatable bonds is 4. The lowest BCUT2D eigenvalue weighted by atomic mass is 10.1. The molecule has 0 aliphatic heterocycles. The van der Waals surface area contributed by atoms with E-state index in [4.69, 9.17) is 6.42 Å². The van der Waals surface area contributed by atoms with Crippen molar-refractivity contribution in [3.05, 3.63) is 35.9 Å². The molecule has 0 aliphatic rings. The Morgan fingerprint density at radius 3 is 2.59 bits per heavy atom. The fourth-order valence-electron chi connectivity index (χ4n) is 1.36. The molecule has 0 radical (unpaired) electrons. The Morgan fingerprint density at radius 1 is 1.47 bits per heavy atom. The van der Waals surface area contributed by atoms with Gasteiger partial charge in [-0.3, -0.25) is 4.79 Å². The number of thiol groups is 1. The van der Waals surface area contributed by atoms with Gasteiger partial charge in [0.2, 0.25) is 5.91 Å². The highest BCUT2D eigenvalue weighted by atomic mass is 32.1. The van der Waals surface area contributed by atoms with Gasteiger partial charge in [-0.15, -0.1) is 6.42 Å². The molecule has 0 aromatic heterocycles. The maximum atomic E-state index is 11.8. The molecule has 0 saturated heterocycles. The van der Waals surface area contributed by atoms with Crippen LogP contribution in [0.25, 0.3) is 0 Å². The molecule has 1 N–H and O–H groups in total. The third-order valence-corrected chi connectivity index (χ3v) is 2.79. The van der Waals surface area contributed by atoms with Crippen LogP contribution in [0.5, 0.6) is 0 Å². The molecule has 1 aromatic rings. The van der Waals surface area contributed by atoms with Gasteiger partial charge in [-0.1, -0.05) is 36.3 Å². The van der Waals surface area contributed by atoms with E-state index >= 15 is 0 Å². The lowest BCUT2D eigenvalue weighted by molar-refractivity contribution is -0.121. The van der Waals surface area contributed by atoms with Crippen LogP contribution in [0.4, 0.5) is 0 Å². The van der Waals surface area contributed by atoms with Gasteiger partial charge in [0.05, 0.1) is 10.8 Å². The zero-order valence-corrected chi connectivity index (χ0v) is 11.0. The SMILES string of the molecule is C#CC(C)(C)NC(=O)C(S)Cc1ccccc1. The number of terminal acetylenes is 1. The average Bonchev–Trinajstić information content (AvgIpc) is 2.30. The number of carbonyl (C=O) groups excluding carboxylic acids is 1. The summed E-state index contributed by atoms with van der Waals surface area (Å²) in [6.45, 7) is 3.57. The summed E-state index contributed by atoms with van der Waals surface area (Å²) in [5.41, 5.74) is 0.454. The van der Waals surface area contributed by atoms with Gasteiger partial charge in [-0.05, 0) is 25.8 Å². The van der Waals surface area contributed by atoms with Crippen molar-refractivity contribution in [2.24, 2.45) is 0 Å². The molecule has 0 fully saturated rings. The van der Waals surface area contributed by atoms with Crippen molar-refractivity contribution in [3.8, 4) is 12.3 Å². The third-order valence-electron chi connectivity index (χ3n) is 2.37. The van der Waals surface area contributed by atoms with Crippen LogP contribution in [0.3, 0.4) is 0 Å². The molecule has 0 spiro atoms. The summed E-state index contributed by atoms with van der Waals surface area (Å²) in [6, 6.07) is 9.78. The van der Waals surface area contributed by atoms with Crippen LogP contribution < -0.4 is 5.32 Å². The number of hydrogen-bond donors (Lipinski definition) is 2. The first-order valence-electron chi connectivity index (χ1n) is 5.46. The Labute approximate surface area is 108 Å². The van der Waals surface area contributed by atoms with Gasteiger partial charge in [0.25, 0.3) is 0 Å². The summed E-state index contributed by atoms with van der Waals surface area (Å²) in [4.78, 5) is 11.8. The molecule has 1 amide bonds. The highest BCUT2D eigenvalue weighted by Crippen LogP contribution is 2.09. The van der Waals surface area contributed by atoms with E-state index in [0.29, 0.717) is 6.42 Å². The zero-order valence-electron chi connectivity index (χ0n) is 10.1. The van der Waals surface area contributed by atoms with Crippen LogP contribution in [0.1, 0.15) is 19.4 Å².